The van der Waals surface area contributed by atoms with Gasteiger partial charge < -0.3 is 5.32 Å². The average Bonchev–Trinajstić information content (AvgIpc) is 2.46. The summed E-state index contributed by atoms with van der Waals surface area (Å²) in [6, 6.07) is 14.8. The Morgan fingerprint density at radius 2 is 1.75 bits per heavy atom. The Kier molecular flexibility index (Phi) is 5.16. The Morgan fingerprint density at radius 1 is 1.10 bits per heavy atom. The maximum absolute atomic E-state index is 13.8. The molecule has 0 spiro atoms. The van der Waals surface area contributed by atoms with E-state index in [2.05, 4.69) is 12.2 Å². The highest BCUT2D eigenvalue weighted by molar-refractivity contribution is 6.30. The minimum atomic E-state index is -0.168. The zero-order chi connectivity index (χ0) is 14.5. The lowest BCUT2D eigenvalue weighted by atomic mass is 10.0. The largest absolute Gasteiger partial charge is 0.303 e. The molecule has 3 heteroatoms. The highest BCUT2D eigenvalue weighted by atomic mass is 35.5. The van der Waals surface area contributed by atoms with Gasteiger partial charge in [0, 0.05) is 22.7 Å². The van der Waals surface area contributed by atoms with Crippen LogP contribution in [0.1, 0.15) is 43.5 Å². The van der Waals surface area contributed by atoms with Crippen LogP contribution in [0.3, 0.4) is 0 Å². The fourth-order valence-corrected chi connectivity index (χ4v) is 2.49. The van der Waals surface area contributed by atoms with Gasteiger partial charge in [-0.15, -0.1) is 0 Å². The summed E-state index contributed by atoms with van der Waals surface area (Å²) in [4.78, 5) is 0. The van der Waals surface area contributed by atoms with Gasteiger partial charge in [0.05, 0.1) is 0 Å². The van der Waals surface area contributed by atoms with Crippen LogP contribution in [-0.4, -0.2) is 0 Å². The molecule has 1 N–H and O–H groups in total. The van der Waals surface area contributed by atoms with E-state index in [-0.39, 0.29) is 17.9 Å². The molecule has 106 valence electrons. The van der Waals surface area contributed by atoms with E-state index in [1.165, 1.54) is 11.6 Å². The summed E-state index contributed by atoms with van der Waals surface area (Å²) in [7, 11) is 0. The lowest BCUT2D eigenvalue weighted by Crippen LogP contribution is -2.24. The van der Waals surface area contributed by atoms with Gasteiger partial charge in [-0.3, -0.25) is 0 Å². The van der Waals surface area contributed by atoms with Gasteiger partial charge in [-0.05, 0) is 37.1 Å². The van der Waals surface area contributed by atoms with Crippen LogP contribution in [-0.2, 0) is 0 Å². The number of hydrogen-bond acceptors (Lipinski definition) is 1. The number of hydrogen-bond donors (Lipinski definition) is 1. The molecule has 1 nitrogen and oxygen atoms in total. The molecule has 0 saturated carbocycles. The molecular weight excluding hydrogens is 273 g/mol. The third-order valence-corrected chi connectivity index (χ3v) is 3.76. The molecule has 2 atom stereocenters. The quantitative estimate of drug-likeness (QED) is 0.790. The number of benzene rings is 2. The van der Waals surface area contributed by atoms with Crippen LogP contribution in [0.25, 0.3) is 0 Å². The van der Waals surface area contributed by atoms with Crippen molar-refractivity contribution in [2.45, 2.75) is 32.4 Å². The first-order valence-electron chi connectivity index (χ1n) is 6.87. The summed E-state index contributed by atoms with van der Waals surface area (Å²) in [6.07, 6.45) is 0.931. The summed E-state index contributed by atoms with van der Waals surface area (Å²) in [5.74, 6) is -0.168. The van der Waals surface area contributed by atoms with Crippen molar-refractivity contribution in [1.82, 2.24) is 5.32 Å². The Labute approximate surface area is 124 Å². The van der Waals surface area contributed by atoms with Gasteiger partial charge in [0.2, 0.25) is 0 Å². The minimum Gasteiger partial charge on any atom is -0.303 e. The first kappa shape index (κ1) is 15.0. The van der Waals surface area contributed by atoms with Crippen LogP contribution in [0.5, 0.6) is 0 Å². The molecule has 0 saturated heterocycles. The summed E-state index contributed by atoms with van der Waals surface area (Å²) in [5.41, 5.74) is 1.86. The van der Waals surface area contributed by atoms with Crippen molar-refractivity contribution < 1.29 is 4.39 Å². The predicted molar refractivity (Wildman–Crippen MR) is 82.4 cm³/mol. The van der Waals surface area contributed by atoms with Crippen molar-refractivity contribution in [3.05, 3.63) is 70.5 Å². The van der Waals surface area contributed by atoms with Crippen molar-refractivity contribution in [3.8, 4) is 0 Å². The molecule has 2 rings (SSSR count). The van der Waals surface area contributed by atoms with Crippen LogP contribution in [0.2, 0.25) is 5.02 Å². The molecule has 0 heterocycles. The van der Waals surface area contributed by atoms with E-state index in [0.29, 0.717) is 5.56 Å². The van der Waals surface area contributed by atoms with Crippen LogP contribution in [0, 0.1) is 5.82 Å². The molecule has 0 fully saturated rings. The van der Waals surface area contributed by atoms with Crippen molar-refractivity contribution in [1.29, 1.82) is 0 Å². The van der Waals surface area contributed by atoms with E-state index in [9.17, 15) is 4.39 Å². The second-order valence-electron chi connectivity index (χ2n) is 4.92. The van der Waals surface area contributed by atoms with Gasteiger partial charge in [-0.25, -0.2) is 4.39 Å². The number of nitrogens with one attached hydrogen (secondary N) is 1. The predicted octanol–water partition coefficient (Wildman–Crippen LogP) is 5.28. The van der Waals surface area contributed by atoms with E-state index in [1.807, 2.05) is 43.3 Å². The van der Waals surface area contributed by atoms with E-state index in [4.69, 9.17) is 11.6 Å². The van der Waals surface area contributed by atoms with Crippen LogP contribution in [0.4, 0.5) is 4.39 Å². The Morgan fingerprint density at radius 3 is 2.35 bits per heavy atom. The maximum atomic E-state index is 13.8. The van der Waals surface area contributed by atoms with Crippen molar-refractivity contribution >= 4 is 11.6 Å². The molecule has 2 aromatic rings. The van der Waals surface area contributed by atoms with Gasteiger partial charge in [-0.2, -0.15) is 0 Å². The number of halogens is 2. The Bertz CT molecular complexity index is 553. The SMILES string of the molecule is CCC(NC(C)c1ccccc1F)c1ccc(Cl)cc1. The summed E-state index contributed by atoms with van der Waals surface area (Å²) in [5, 5.41) is 4.20. The molecule has 2 aromatic carbocycles. The molecule has 20 heavy (non-hydrogen) atoms. The third-order valence-electron chi connectivity index (χ3n) is 3.50. The molecule has 0 aliphatic carbocycles. The molecule has 0 aliphatic heterocycles. The van der Waals surface area contributed by atoms with Gasteiger partial charge in [-0.1, -0.05) is 48.9 Å². The standard InChI is InChI=1S/C17H19ClFN/c1-3-17(13-8-10-14(18)11-9-13)20-12(2)15-6-4-5-7-16(15)19/h4-12,17,20H,3H2,1-2H3. The Balaban J connectivity index is 2.14. The second-order valence-corrected chi connectivity index (χ2v) is 5.36. The van der Waals surface area contributed by atoms with Gasteiger partial charge in [0.15, 0.2) is 0 Å². The Hall–Kier alpha value is -1.38. The summed E-state index contributed by atoms with van der Waals surface area (Å²) < 4.78 is 13.8. The van der Waals surface area contributed by atoms with E-state index in [0.717, 1.165) is 11.4 Å². The zero-order valence-electron chi connectivity index (χ0n) is 11.7. The average molecular weight is 292 g/mol. The molecular formula is C17H19ClFN. The molecule has 0 bridgehead atoms. The normalized spacial score (nSPS) is 14.0. The monoisotopic (exact) mass is 291 g/mol. The zero-order valence-corrected chi connectivity index (χ0v) is 12.5. The van der Waals surface area contributed by atoms with Gasteiger partial charge >= 0.3 is 0 Å². The van der Waals surface area contributed by atoms with Crippen molar-refractivity contribution in [2.75, 3.05) is 0 Å². The summed E-state index contributed by atoms with van der Waals surface area (Å²) >= 11 is 5.91. The van der Waals surface area contributed by atoms with Crippen LogP contribution in [0.15, 0.2) is 48.5 Å². The minimum absolute atomic E-state index is 0.0446. The van der Waals surface area contributed by atoms with Crippen LogP contribution >= 0.6 is 11.6 Å². The second kappa shape index (κ2) is 6.87. The lowest BCUT2D eigenvalue weighted by molar-refractivity contribution is 0.443. The highest BCUT2D eigenvalue weighted by Gasteiger charge is 2.15. The first-order chi connectivity index (χ1) is 9.61. The van der Waals surface area contributed by atoms with E-state index >= 15 is 0 Å². The fraction of sp³-hybridized carbons (Fsp3) is 0.294. The van der Waals surface area contributed by atoms with Gasteiger partial charge in [0.1, 0.15) is 5.82 Å². The smallest absolute Gasteiger partial charge is 0.127 e. The maximum Gasteiger partial charge on any atom is 0.127 e. The topological polar surface area (TPSA) is 12.0 Å². The molecule has 0 amide bonds. The first-order valence-corrected chi connectivity index (χ1v) is 7.25. The number of rotatable bonds is 5. The van der Waals surface area contributed by atoms with E-state index < -0.39 is 0 Å². The summed E-state index contributed by atoms with van der Waals surface area (Å²) in [6.45, 7) is 4.09. The fourth-order valence-electron chi connectivity index (χ4n) is 2.36. The third kappa shape index (κ3) is 3.59. The van der Waals surface area contributed by atoms with Gasteiger partial charge in [0.25, 0.3) is 0 Å². The van der Waals surface area contributed by atoms with E-state index in [1.54, 1.807) is 6.07 Å². The highest BCUT2D eigenvalue weighted by Crippen LogP contribution is 2.24. The molecule has 0 radical (unpaired) electrons. The lowest BCUT2D eigenvalue weighted by Gasteiger charge is -2.23. The molecule has 0 aromatic heterocycles. The molecule has 2 unspecified atom stereocenters. The van der Waals surface area contributed by atoms with Crippen LogP contribution < -0.4 is 5.32 Å². The van der Waals surface area contributed by atoms with Crippen molar-refractivity contribution in [2.24, 2.45) is 0 Å². The molecule has 0 aliphatic rings. The van der Waals surface area contributed by atoms with Crippen molar-refractivity contribution in [3.63, 3.8) is 0 Å².